The summed E-state index contributed by atoms with van der Waals surface area (Å²) in [6, 6.07) is 16.4. The predicted molar refractivity (Wildman–Crippen MR) is 164 cm³/mol. The van der Waals surface area contributed by atoms with Crippen molar-refractivity contribution in [3.63, 3.8) is 0 Å². The minimum absolute atomic E-state index is 0.132. The van der Waals surface area contributed by atoms with Crippen molar-refractivity contribution in [3.05, 3.63) is 106 Å². The van der Waals surface area contributed by atoms with Crippen molar-refractivity contribution in [2.75, 3.05) is 39.6 Å². The summed E-state index contributed by atoms with van der Waals surface area (Å²) in [4.78, 5) is 72.8. The van der Waals surface area contributed by atoms with E-state index >= 15 is 0 Å². The lowest BCUT2D eigenvalue weighted by Crippen LogP contribution is -2.16. The maximum absolute atomic E-state index is 12.3. The van der Waals surface area contributed by atoms with Crippen LogP contribution in [0.25, 0.3) is 0 Å². The van der Waals surface area contributed by atoms with Gasteiger partial charge in [-0.15, -0.1) is 0 Å². The van der Waals surface area contributed by atoms with Gasteiger partial charge in [-0.25, -0.2) is 28.8 Å². The first-order chi connectivity index (χ1) is 22.9. The number of rotatable bonds is 16. The molecule has 0 bridgehead atoms. The number of hydrogen-bond acceptors (Lipinski definition) is 14. The van der Waals surface area contributed by atoms with Gasteiger partial charge < -0.3 is 38.6 Å². The SMILES string of the molecule is CC(O)COC(=O)c1ccc(C(=O)OCCOC(=O)c2ccc(C(=O)OCCOC(=O)c3ccc(C(=O)OCC(C)O)cc3)cc2)cc1. The molecule has 0 saturated heterocycles. The second kappa shape index (κ2) is 18.5. The molecular weight excluding hydrogens is 632 g/mol. The molecule has 0 aliphatic heterocycles. The zero-order chi connectivity index (χ0) is 35.1. The van der Waals surface area contributed by atoms with Gasteiger partial charge in [-0.1, -0.05) is 0 Å². The Kier molecular flexibility index (Phi) is 14.2. The van der Waals surface area contributed by atoms with Gasteiger partial charge in [0.25, 0.3) is 0 Å². The van der Waals surface area contributed by atoms with Crippen LogP contribution < -0.4 is 0 Å². The van der Waals surface area contributed by atoms with Gasteiger partial charge in [0, 0.05) is 0 Å². The molecule has 0 saturated carbocycles. The highest BCUT2D eigenvalue weighted by Gasteiger charge is 2.15. The van der Waals surface area contributed by atoms with Gasteiger partial charge in [-0.2, -0.15) is 0 Å². The van der Waals surface area contributed by atoms with Crippen molar-refractivity contribution in [3.8, 4) is 0 Å². The predicted octanol–water partition coefficient (Wildman–Crippen LogP) is 2.79. The third-order valence-electron chi connectivity index (χ3n) is 6.08. The molecule has 2 atom stereocenters. The minimum Gasteiger partial charge on any atom is -0.459 e. The van der Waals surface area contributed by atoms with E-state index in [2.05, 4.69) is 0 Å². The molecule has 0 fully saturated rings. The van der Waals surface area contributed by atoms with E-state index in [0.717, 1.165) is 0 Å². The van der Waals surface area contributed by atoms with Gasteiger partial charge in [0.15, 0.2) is 0 Å². The summed E-state index contributed by atoms with van der Waals surface area (Å²) < 4.78 is 30.1. The lowest BCUT2D eigenvalue weighted by molar-refractivity contribution is 0.0262. The summed E-state index contributed by atoms with van der Waals surface area (Å²) in [5, 5.41) is 18.4. The number of carbonyl (C=O) groups is 6. The molecule has 3 aromatic carbocycles. The van der Waals surface area contributed by atoms with Crippen LogP contribution in [0.5, 0.6) is 0 Å². The van der Waals surface area contributed by atoms with Crippen molar-refractivity contribution < 1.29 is 67.4 Å². The molecule has 0 aliphatic rings. The van der Waals surface area contributed by atoms with Gasteiger partial charge in [0.05, 0.1) is 45.6 Å². The van der Waals surface area contributed by atoms with E-state index in [-0.39, 0.29) is 73.0 Å². The molecule has 254 valence electrons. The van der Waals surface area contributed by atoms with Crippen LogP contribution in [-0.2, 0) is 28.4 Å². The van der Waals surface area contributed by atoms with Gasteiger partial charge in [-0.3, -0.25) is 0 Å². The molecule has 0 spiro atoms. The van der Waals surface area contributed by atoms with Crippen molar-refractivity contribution in [2.45, 2.75) is 26.1 Å². The summed E-state index contributed by atoms with van der Waals surface area (Å²) in [6.45, 7) is 1.69. The quantitative estimate of drug-likeness (QED) is 0.129. The summed E-state index contributed by atoms with van der Waals surface area (Å²) in [7, 11) is 0. The molecule has 48 heavy (non-hydrogen) atoms. The van der Waals surface area contributed by atoms with Gasteiger partial charge in [-0.05, 0) is 86.6 Å². The average molecular weight is 667 g/mol. The fourth-order valence-electron chi connectivity index (χ4n) is 3.66. The van der Waals surface area contributed by atoms with Crippen LogP contribution in [0.3, 0.4) is 0 Å². The minimum atomic E-state index is -0.804. The third kappa shape index (κ3) is 12.0. The fraction of sp³-hybridized carbons (Fsp3) is 0.294. The molecular formula is C34H34O14. The molecule has 14 nitrogen and oxygen atoms in total. The van der Waals surface area contributed by atoms with Crippen LogP contribution in [0.4, 0.5) is 0 Å². The molecule has 14 heteroatoms. The van der Waals surface area contributed by atoms with E-state index in [1.165, 1.54) is 86.6 Å². The second-order valence-corrected chi connectivity index (χ2v) is 10.2. The molecule has 0 aromatic heterocycles. The second-order valence-electron chi connectivity index (χ2n) is 10.2. The Balaban J connectivity index is 1.33. The molecule has 3 rings (SSSR count). The zero-order valence-corrected chi connectivity index (χ0v) is 26.1. The summed E-state index contributed by atoms with van der Waals surface area (Å²) in [6.07, 6.45) is -1.61. The molecule has 0 radical (unpaired) electrons. The monoisotopic (exact) mass is 666 g/mol. The number of ether oxygens (including phenoxy) is 6. The standard InChI is InChI=1S/C34H34O14/c1-21(35)19-47-33(41)27-11-7-25(8-12-27)31(39)45-17-15-43-29(37)23-3-5-24(6-4-23)30(38)44-16-18-46-32(40)26-9-13-28(14-10-26)34(42)48-20-22(2)36/h3-14,21-22,35-36H,15-20H2,1-2H3. The summed E-state index contributed by atoms with van der Waals surface area (Å²) >= 11 is 0. The maximum Gasteiger partial charge on any atom is 0.338 e. The lowest BCUT2D eigenvalue weighted by atomic mass is 10.1. The molecule has 3 aromatic rings. The van der Waals surface area contributed by atoms with E-state index in [9.17, 15) is 39.0 Å². The highest BCUT2D eigenvalue weighted by atomic mass is 16.6. The van der Waals surface area contributed by atoms with Crippen LogP contribution in [0.1, 0.15) is 76.0 Å². The van der Waals surface area contributed by atoms with E-state index in [4.69, 9.17) is 28.4 Å². The van der Waals surface area contributed by atoms with Crippen LogP contribution in [0.15, 0.2) is 72.8 Å². The molecule has 2 unspecified atom stereocenters. The molecule has 2 N–H and O–H groups in total. The maximum atomic E-state index is 12.3. The van der Waals surface area contributed by atoms with Crippen LogP contribution >= 0.6 is 0 Å². The van der Waals surface area contributed by atoms with Crippen molar-refractivity contribution in [1.82, 2.24) is 0 Å². The highest BCUT2D eigenvalue weighted by Crippen LogP contribution is 2.11. The topological polar surface area (TPSA) is 198 Å². The Morgan fingerprint density at radius 2 is 0.562 bits per heavy atom. The van der Waals surface area contributed by atoms with E-state index < -0.39 is 48.0 Å². The first kappa shape index (κ1) is 36.9. The third-order valence-corrected chi connectivity index (χ3v) is 6.08. The number of benzene rings is 3. The van der Waals surface area contributed by atoms with E-state index in [1.807, 2.05) is 0 Å². The number of hydrogen-bond donors (Lipinski definition) is 2. The summed E-state index contributed by atoms with van der Waals surface area (Å²) in [5.41, 5.74) is 0.973. The van der Waals surface area contributed by atoms with Gasteiger partial charge in [0.2, 0.25) is 0 Å². The number of aliphatic hydroxyl groups is 2. The summed E-state index contributed by atoms with van der Waals surface area (Å²) in [5.74, 6) is -4.13. The first-order valence-corrected chi connectivity index (χ1v) is 14.6. The fourth-order valence-corrected chi connectivity index (χ4v) is 3.66. The van der Waals surface area contributed by atoms with Crippen LogP contribution in [0.2, 0.25) is 0 Å². The smallest absolute Gasteiger partial charge is 0.338 e. The van der Waals surface area contributed by atoms with Crippen molar-refractivity contribution >= 4 is 35.8 Å². The Labute approximate surface area is 275 Å². The van der Waals surface area contributed by atoms with Crippen LogP contribution in [0, 0.1) is 0 Å². The Morgan fingerprint density at radius 1 is 0.396 bits per heavy atom. The Hall–Kier alpha value is -5.60. The number of aliphatic hydroxyl groups excluding tert-OH is 2. The lowest BCUT2D eigenvalue weighted by Gasteiger charge is -2.09. The van der Waals surface area contributed by atoms with E-state index in [0.29, 0.717) is 0 Å². The molecule has 0 heterocycles. The van der Waals surface area contributed by atoms with Gasteiger partial charge in [0.1, 0.15) is 39.6 Å². The number of carbonyl (C=O) groups excluding carboxylic acids is 6. The van der Waals surface area contributed by atoms with E-state index in [1.54, 1.807) is 0 Å². The zero-order valence-electron chi connectivity index (χ0n) is 26.1. The normalized spacial score (nSPS) is 11.8. The first-order valence-electron chi connectivity index (χ1n) is 14.6. The Bertz CT molecular complexity index is 1440. The van der Waals surface area contributed by atoms with Crippen LogP contribution in [-0.4, -0.2) is 97.9 Å². The van der Waals surface area contributed by atoms with Crippen molar-refractivity contribution in [1.29, 1.82) is 0 Å². The highest BCUT2D eigenvalue weighted by molar-refractivity contribution is 5.95. The van der Waals surface area contributed by atoms with Gasteiger partial charge >= 0.3 is 35.8 Å². The molecule has 0 amide bonds. The van der Waals surface area contributed by atoms with Crippen molar-refractivity contribution in [2.24, 2.45) is 0 Å². The number of esters is 6. The Morgan fingerprint density at radius 3 is 0.729 bits per heavy atom. The average Bonchev–Trinajstić information content (AvgIpc) is 3.09. The largest absolute Gasteiger partial charge is 0.459 e. The molecule has 0 aliphatic carbocycles.